The van der Waals surface area contributed by atoms with E-state index in [0.29, 0.717) is 44.5 Å². The van der Waals surface area contributed by atoms with Crippen LogP contribution in [0.3, 0.4) is 0 Å². The van der Waals surface area contributed by atoms with E-state index in [2.05, 4.69) is 61.4 Å². The van der Waals surface area contributed by atoms with Crippen LogP contribution >= 0.6 is 23.2 Å². The van der Waals surface area contributed by atoms with E-state index in [4.69, 9.17) is 27.9 Å². The first-order valence-corrected chi connectivity index (χ1v) is 13.7. The fourth-order valence-electron chi connectivity index (χ4n) is 4.58. The molecule has 3 aromatic rings. The first-order chi connectivity index (χ1) is 19.4. The van der Waals surface area contributed by atoms with Gasteiger partial charge in [-0.05, 0) is 58.6 Å². The summed E-state index contributed by atoms with van der Waals surface area (Å²) in [6, 6.07) is 7.25. The van der Waals surface area contributed by atoms with Gasteiger partial charge in [-0.1, -0.05) is 29.8 Å². The van der Waals surface area contributed by atoms with Crippen molar-refractivity contribution < 1.29 is 14.6 Å². The molecule has 0 unspecified atom stereocenters. The topological polar surface area (TPSA) is 128 Å². The number of hydrogen-bond donors (Lipinski definition) is 4. The maximum absolute atomic E-state index is 12.3. The summed E-state index contributed by atoms with van der Waals surface area (Å²) in [6.07, 6.45) is 3.56. The second-order valence-electron chi connectivity index (χ2n) is 10.4. The molecular weight excluding hydrogens is 567 g/mol. The van der Waals surface area contributed by atoms with Crippen molar-refractivity contribution in [1.29, 1.82) is 0 Å². The summed E-state index contributed by atoms with van der Waals surface area (Å²) in [6.45, 7) is 8.50. The number of hydrogen-bond acceptors (Lipinski definition) is 10. The highest BCUT2D eigenvalue weighted by atomic mass is 35.5. The Bertz CT molecular complexity index is 1440. The molecule has 11 nitrogen and oxygen atoms in total. The number of ether oxygens (including phenoxy) is 1. The third kappa shape index (κ3) is 7.17. The molecule has 4 N–H and O–H groups in total. The molecule has 2 heterocycles. The predicted octanol–water partition coefficient (Wildman–Crippen LogP) is 5.17. The van der Waals surface area contributed by atoms with E-state index in [0.717, 1.165) is 25.2 Å². The number of aliphatic hydroxyl groups is 1. The maximum Gasteiger partial charge on any atom is 0.247 e. The second kappa shape index (κ2) is 12.5. The molecule has 0 bridgehead atoms. The molecule has 1 aromatic heterocycles. The number of methoxy groups -OCH3 is 1. The molecule has 0 saturated carbocycles. The summed E-state index contributed by atoms with van der Waals surface area (Å²) in [4.78, 5) is 29.7. The number of nitrogens with one attached hydrogen (secondary N) is 3. The zero-order valence-electron chi connectivity index (χ0n) is 23.6. The molecule has 1 amide bonds. The number of carbonyl (C=O) groups is 1. The van der Waals surface area contributed by atoms with Crippen LogP contribution in [0.5, 0.6) is 5.75 Å². The van der Waals surface area contributed by atoms with Gasteiger partial charge in [0.1, 0.15) is 12.1 Å². The minimum atomic E-state index is -1.21. The Labute approximate surface area is 249 Å². The van der Waals surface area contributed by atoms with Crippen LogP contribution in [0, 0.1) is 0 Å². The van der Waals surface area contributed by atoms with Crippen molar-refractivity contribution in [3.63, 3.8) is 0 Å². The van der Waals surface area contributed by atoms with Crippen LogP contribution in [-0.2, 0) is 10.4 Å². The van der Waals surface area contributed by atoms with Gasteiger partial charge in [0, 0.05) is 36.4 Å². The van der Waals surface area contributed by atoms with Gasteiger partial charge in [-0.15, -0.1) is 0 Å². The van der Waals surface area contributed by atoms with E-state index < -0.39 is 5.60 Å². The number of likely N-dealkylation sites (N-methyl/N-ethyl adjacent to an activating group) is 1. The summed E-state index contributed by atoms with van der Waals surface area (Å²) in [7, 11) is 5.70. The van der Waals surface area contributed by atoms with Crippen molar-refractivity contribution >= 4 is 63.8 Å². The van der Waals surface area contributed by atoms with Crippen LogP contribution in [0.2, 0.25) is 10.0 Å². The SMILES string of the molecule is C=CC(=O)Nc1cc(Nc2ncnc(Nc3cc(Cl)c(Cl)cc3C(C)(C)O)n2)c(OC)cc1N1CC[C@@H](N(C)C)C1. The van der Waals surface area contributed by atoms with Gasteiger partial charge in [0.2, 0.25) is 17.8 Å². The lowest BCUT2D eigenvalue weighted by molar-refractivity contribution is -0.111. The quantitative estimate of drug-likeness (QED) is 0.231. The minimum absolute atomic E-state index is 0.203. The van der Waals surface area contributed by atoms with Gasteiger partial charge in [-0.25, -0.2) is 9.97 Å². The molecule has 1 saturated heterocycles. The molecule has 4 rings (SSSR count). The van der Waals surface area contributed by atoms with Crippen molar-refractivity contribution in [3.8, 4) is 5.75 Å². The van der Waals surface area contributed by atoms with E-state index in [1.165, 1.54) is 12.4 Å². The molecule has 1 aliphatic heterocycles. The standard InChI is InChI=1S/C28H34Cl2N8O3/c1-7-25(39)33-21-12-22(24(41-6)13-23(21)38-9-8-16(14-38)37(4)5)35-27-32-15-31-26(36-27)34-20-11-19(30)18(29)10-17(20)28(2,3)40/h7,10-13,15-16,40H,1,8-9,14H2,2-6H3,(H,33,39)(H2,31,32,34,35,36)/t16-/m1/s1. The average molecular weight is 602 g/mol. The predicted molar refractivity (Wildman–Crippen MR) is 164 cm³/mol. The normalized spacial score (nSPS) is 15.1. The monoisotopic (exact) mass is 600 g/mol. The van der Waals surface area contributed by atoms with Crippen LogP contribution < -0.4 is 25.6 Å². The smallest absolute Gasteiger partial charge is 0.247 e. The first kappa shape index (κ1) is 30.3. The van der Waals surface area contributed by atoms with Gasteiger partial charge in [-0.2, -0.15) is 4.98 Å². The van der Waals surface area contributed by atoms with E-state index in [1.54, 1.807) is 39.2 Å². The lowest BCUT2D eigenvalue weighted by Gasteiger charge is -2.25. The molecule has 0 aliphatic carbocycles. The average Bonchev–Trinajstić information content (AvgIpc) is 3.41. The Balaban J connectivity index is 1.66. The van der Waals surface area contributed by atoms with Gasteiger partial charge in [0.25, 0.3) is 0 Å². The lowest BCUT2D eigenvalue weighted by Crippen LogP contribution is -2.31. The van der Waals surface area contributed by atoms with E-state index in [1.807, 2.05) is 6.07 Å². The summed E-state index contributed by atoms with van der Waals surface area (Å²) in [5, 5.41) is 20.4. The summed E-state index contributed by atoms with van der Waals surface area (Å²) >= 11 is 12.4. The first-order valence-electron chi connectivity index (χ1n) is 12.9. The van der Waals surface area contributed by atoms with E-state index in [9.17, 15) is 9.90 Å². The highest BCUT2D eigenvalue weighted by Gasteiger charge is 2.27. The summed E-state index contributed by atoms with van der Waals surface area (Å²) < 4.78 is 5.71. The van der Waals surface area contributed by atoms with E-state index in [-0.39, 0.29) is 17.8 Å². The van der Waals surface area contributed by atoms with Crippen LogP contribution in [0.1, 0.15) is 25.8 Å². The molecule has 1 atom stereocenters. The number of carbonyl (C=O) groups excluding carboxylic acids is 1. The molecule has 1 fully saturated rings. The van der Waals surface area contributed by atoms with Crippen molar-refractivity contribution in [2.24, 2.45) is 0 Å². The molecule has 0 spiro atoms. The highest BCUT2D eigenvalue weighted by molar-refractivity contribution is 6.42. The number of aromatic nitrogens is 3. The van der Waals surface area contributed by atoms with Crippen molar-refractivity contribution in [2.45, 2.75) is 31.9 Å². The number of anilines is 6. The number of rotatable bonds is 10. The molecule has 41 heavy (non-hydrogen) atoms. The Morgan fingerprint density at radius 1 is 1.12 bits per heavy atom. The summed E-state index contributed by atoms with van der Waals surface area (Å²) in [5.74, 6) is 0.623. The molecule has 218 valence electrons. The minimum Gasteiger partial charge on any atom is -0.494 e. The molecular formula is C28H34Cl2N8O3. The van der Waals surface area contributed by atoms with Gasteiger partial charge in [0.15, 0.2) is 0 Å². The Morgan fingerprint density at radius 3 is 2.37 bits per heavy atom. The largest absolute Gasteiger partial charge is 0.494 e. The van der Waals surface area contributed by atoms with Crippen molar-refractivity contribution in [1.82, 2.24) is 19.9 Å². The van der Waals surface area contributed by atoms with Crippen LogP contribution in [0.15, 0.2) is 43.2 Å². The Morgan fingerprint density at radius 2 is 1.78 bits per heavy atom. The zero-order chi connectivity index (χ0) is 29.9. The number of nitrogens with zero attached hydrogens (tertiary/aromatic N) is 5. The number of benzene rings is 2. The number of amides is 1. The van der Waals surface area contributed by atoms with Crippen molar-refractivity contribution in [3.05, 3.63) is 58.9 Å². The Hall–Kier alpha value is -3.64. The molecule has 1 aliphatic rings. The highest BCUT2D eigenvalue weighted by Crippen LogP contribution is 2.40. The van der Waals surface area contributed by atoms with Gasteiger partial charge >= 0.3 is 0 Å². The third-order valence-corrected chi connectivity index (χ3v) is 7.50. The molecule has 13 heteroatoms. The fourth-order valence-corrected chi connectivity index (χ4v) is 4.90. The fraction of sp³-hybridized carbons (Fsp3) is 0.357. The lowest BCUT2D eigenvalue weighted by atomic mass is 9.96. The Kier molecular flexibility index (Phi) is 9.23. The summed E-state index contributed by atoms with van der Waals surface area (Å²) in [5.41, 5.74) is 1.75. The van der Waals surface area contributed by atoms with Gasteiger partial charge in [0.05, 0.1) is 39.8 Å². The maximum atomic E-state index is 12.3. The molecule has 0 radical (unpaired) electrons. The van der Waals surface area contributed by atoms with Gasteiger partial charge < -0.3 is 35.6 Å². The van der Waals surface area contributed by atoms with Gasteiger partial charge in [-0.3, -0.25) is 4.79 Å². The second-order valence-corrected chi connectivity index (χ2v) is 11.2. The van der Waals surface area contributed by atoms with Crippen LogP contribution in [0.4, 0.5) is 34.6 Å². The van der Waals surface area contributed by atoms with Crippen molar-refractivity contribution in [2.75, 3.05) is 55.1 Å². The zero-order valence-corrected chi connectivity index (χ0v) is 25.1. The third-order valence-electron chi connectivity index (χ3n) is 6.78. The van der Waals surface area contributed by atoms with Crippen LogP contribution in [0.25, 0.3) is 0 Å². The van der Waals surface area contributed by atoms with Crippen LogP contribution in [-0.4, -0.2) is 71.2 Å². The number of halogens is 2. The van der Waals surface area contributed by atoms with E-state index >= 15 is 0 Å². The molecule has 2 aromatic carbocycles.